The van der Waals surface area contributed by atoms with Crippen molar-refractivity contribution in [1.82, 2.24) is 0 Å². The molecule has 0 aliphatic heterocycles. The molecule has 0 saturated heterocycles. The molecule has 2 aliphatic rings. The third-order valence-corrected chi connectivity index (χ3v) is 10.4. The molecule has 2 heteroatoms. The highest BCUT2D eigenvalue weighted by Gasteiger charge is 2.28. The molecule has 0 aromatic heterocycles. The van der Waals surface area contributed by atoms with Crippen molar-refractivity contribution in [2.75, 3.05) is 13.2 Å². The summed E-state index contributed by atoms with van der Waals surface area (Å²) < 4.78 is 12.9. The van der Waals surface area contributed by atoms with Gasteiger partial charge < -0.3 is 9.47 Å². The first kappa shape index (κ1) is 29.1. The zero-order valence-electron chi connectivity index (χ0n) is 25.7. The van der Waals surface area contributed by atoms with Gasteiger partial charge in [0, 0.05) is 5.92 Å². The van der Waals surface area contributed by atoms with Crippen molar-refractivity contribution in [2.45, 2.75) is 84.0 Å². The fraction of sp³-hybridized carbons (Fsp3) is 0.500. The molecular formula is C40H50O2. The molecule has 0 amide bonds. The van der Waals surface area contributed by atoms with Crippen LogP contribution < -0.4 is 9.47 Å². The van der Waals surface area contributed by atoms with Crippen molar-refractivity contribution >= 4 is 21.5 Å². The molecule has 2 aliphatic carbocycles. The van der Waals surface area contributed by atoms with Crippen LogP contribution in [0.4, 0.5) is 0 Å². The fourth-order valence-electron chi connectivity index (χ4n) is 7.94. The van der Waals surface area contributed by atoms with Gasteiger partial charge >= 0.3 is 0 Å². The minimum absolute atomic E-state index is 0.373. The van der Waals surface area contributed by atoms with E-state index >= 15 is 0 Å². The second kappa shape index (κ2) is 14.5. The first-order valence-electron chi connectivity index (χ1n) is 16.9. The normalized spacial score (nSPS) is 22.9. The van der Waals surface area contributed by atoms with Crippen molar-refractivity contribution < 1.29 is 9.47 Å². The van der Waals surface area contributed by atoms with E-state index in [1.807, 2.05) is 0 Å². The van der Waals surface area contributed by atoms with Gasteiger partial charge in [-0.2, -0.15) is 0 Å². The van der Waals surface area contributed by atoms with Crippen LogP contribution in [0.5, 0.6) is 11.5 Å². The zero-order chi connectivity index (χ0) is 28.6. The maximum absolute atomic E-state index is 6.44. The van der Waals surface area contributed by atoms with Crippen LogP contribution in [0.25, 0.3) is 21.5 Å². The molecule has 4 aromatic rings. The van der Waals surface area contributed by atoms with Crippen molar-refractivity contribution in [3.05, 3.63) is 84.9 Å². The minimum Gasteiger partial charge on any atom is -0.493 e. The SMILES string of the molecule is CCCC1CCC(CC2CCC(CC(COc3ccc4ccccc4c3)COc3ccc4ccccc4c3)CC2)CC1. The Morgan fingerprint density at radius 3 is 1.50 bits per heavy atom. The maximum atomic E-state index is 6.44. The van der Waals surface area contributed by atoms with Gasteiger partial charge in [0.2, 0.25) is 0 Å². The lowest BCUT2D eigenvalue weighted by Crippen LogP contribution is -2.26. The van der Waals surface area contributed by atoms with Crippen LogP contribution in [0.1, 0.15) is 84.0 Å². The Kier molecular flexibility index (Phi) is 10.0. The fourth-order valence-corrected chi connectivity index (χ4v) is 7.94. The Morgan fingerprint density at radius 2 is 1.00 bits per heavy atom. The van der Waals surface area contributed by atoms with Gasteiger partial charge in [0.15, 0.2) is 0 Å². The van der Waals surface area contributed by atoms with Crippen LogP contribution in [-0.4, -0.2) is 13.2 Å². The molecule has 0 spiro atoms. The molecule has 0 heterocycles. The Balaban J connectivity index is 1.04. The summed E-state index contributed by atoms with van der Waals surface area (Å²) >= 11 is 0. The molecule has 0 N–H and O–H groups in total. The third-order valence-electron chi connectivity index (χ3n) is 10.4. The van der Waals surface area contributed by atoms with E-state index in [1.165, 1.54) is 98.6 Å². The predicted octanol–water partition coefficient (Wildman–Crippen LogP) is 11.3. The highest BCUT2D eigenvalue weighted by Crippen LogP contribution is 2.40. The zero-order valence-corrected chi connectivity index (χ0v) is 25.7. The van der Waals surface area contributed by atoms with Crippen LogP contribution >= 0.6 is 0 Å². The van der Waals surface area contributed by atoms with E-state index in [9.17, 15) is 0 Å². The van der Waals surface area contributed by atoms with Crippen molar-refractivity contribution in [3.63, 3.8) is 0 Å². The van der Waals surface area contributed by atoms with E-state index in [2.05, 4.69) is 91.9 Å². The summed E-state index contributed by atoms with van der Waals surface area (Å²) in [6.07, 6.45) is 17.0. The van der Waals surface area contributed by atoms with Gasteiger partial charge in [-0.3, -0.25) is 0 Å². The highest BCUT2D eigenvalue weighted by atomic mass is 16.5. The van der Waals surface area contributed by atoms with E-state index in [0.717, 1.165) is 35.2 Å². The van der Waals surface area contributed by atoms with Gasteiger partial charge in [0.1, 0.15) is 11.5 Å². The molecule has 2 fully saturated rings. The highest BCUT2D eigenvalue weighted by molar-refractivity contribution is 5.84. The Bertz CT molecular complexity index is 1310. The Morgan fingerprint density at radius 1 is 0.548 bits per heavy atom. The molecule has 2 saturated carbocycles. The molecule has 4 aromatic carbocycles. The summed E-state index contributed by atoms with van der Waals surface area (Å²) in [6, 6.07) is 30.0. The summed E-state index contributed by atoms with van der Waals surface area (Å²) in [4.78, 5) is 0. The Hall–Kier alpha value is -3.00. The number of ether oxygens (including phenoxy) is 2. The molecule has 6 rings (SSSR count). The van der Waals surface area contributed by atoms with E-state index in [1.54, 1.807) is 0 Å². The van der Waals surface area contributed by atoms with Gasteiger partial charge in [0.05, 0.1) is 13.2 Å². The van der Waals surface area contributed by atoms with Crippen molar-refractivity contribution in [2.24, 2.45) is 29.6 Å². The molecule has 42 heavy (non-hydrogen) atoms. The van der Waals surface area contributed by atoms with Gasteiger partial charge in [-0.05, 0) is 82.3 Å². The first-order chi connectivity index (χ1) is 20.7. The summed E-state index contributed by atoms with van der Waals surface area (Å²) in [5.74, 6) is 6.05. The lowest BCUT2D eigenvalue weighted by Gasteiger charge is -2.35. The summed E-state index contributed by atoms with van der Waals surface area (Å²) in [7, 11) is 0. The molecular weight excluding hydrogens is 512 g/mol. The number of fused-ring (bicyclic) bond motifs is 2. The van der Waals surface area contributed by atoms with Crippen LogP contribution in [0.2, 0.25) is 0 Å². The lowest BCUT2D eigenvalue weighted by molar-refractivity contribution is 0.129. The first-order valence-corrected chi connectivity index (χ1v) is 16.9. The average Bonchev–Trinajstić information content (AvgIpc) is 3.04. The second-order valence-electron chi connectivity index (χ2n) is 13.5. The summed E-state index contributed by atoms with van der Waals surface area (Å²) in [6.45, 7) is 3.75. The third kappa shape index (κ3) is 7.88. The number of benzene rings is 4. The summed E-state index contributed by atoms with van der Waals surface area (Å²) in [5.41, 5.74) is 0. The smallest absolute Gasteiger partial charge is 0.119 e. The molecule has 222 valence electrons. The number of rotatable bonds is 12. The quantitative estimate of drug-likeness (QED) is 0.171. The Labute approximate surface area is 253 Å². The number of hydrogen-bond acceptors (Lipinski definition) is 2. The largest absolute Gasteiger partial charge is 0.493 e. The van der Waals surface area contributed by atoms with Crippen molar-refractivity contribution in [1.29, 1.82) is 0 Å². The van der Waals surface area contributed by atoms with Gasteiger partial charge in [0.25, 0.3) is 0 Å². The van der Waals surface area contributed by atoms with E-state index in [0.29, 0.717) is 19.1 Å². The monoisotopic (exact) mass is 562 g/mol. The minimum atomic E-state index is 0.373. The van der Waals surface area contributed by atoms with E-state index in [-0.39, 0.29) is 0 Å². The molecule has 2 nitrogen and oxygen atoms in total. The van der Waals surface area contributed by atoms with E-state index in [4.69, 9.17) is 9.47 Å². The molecule has 0 bridgehead atoms. The standard InChI is InChI=1S/C40H50O2/c1-2-7-30-12-14-31(15-13-30)24-32-16-18-33(19-17-32)25-34(28-41-39-22-20-35-8-3-5-10-37(35)26-39)29-42-40-23-21-36-9-4-6-11-38(36)27-40/h3-6,8-11,20-23,26-27,30-34H,2,7,12-19,24-25,28-29H2,1H3. The maximum Gasteiger partial charge on any atom is 0.119 e. The molecule has 0 atom stereocenters. The van der Waals surface area contributed by atoms with Crippen LogP contribution in [-0.2, 0) is 0 Å². The average molecular weight is 563 g/mol. The van der Waals surface area contributed by atoms with Crippen LogP contribution in [0.15, 0.2) is 84.9 Å². The summed E-state index contributed by atoms with van der Waals surface area (Å²) in [5, 5.41) is 4.98. The topological polar surface area (TPSA) is 18.5 Å². The lowest BCUT2D eigenvalue weighted by atomic mass is 9.71. The predicted molar refractivity (Wildman–Crippen MR) is 177 cm³/mol. The number of hydrogen-bond donors (Lipinski definition) is 0. The van der Waals surface area contributed by atoms with Gasteiger partial charge in [-0.1, -0.05) is 132 Å². The molecule has 0 radical (unpaired) electrons. The molecule has 0 unspecified atom stereocenters. The van der Waals surface area contributed by atoms with Crippen LogP contribution in [0.3, 0.4) is 0 Å². The van der Waals surface area contributed by atoms with Gasteiger partial charge in [-0.25, -0.2) is 0 Å². The van der Waals surface area contributed by atoms with E-state index < -0.39 is 0 Å². The van der Waals surface area contributed by atoms with Gasteiger partial charge in [-0.15, -0.1) is 0 Å². The van der Waals surface area contributed by atoms with Crippen molar-refractivity contribution in [3.8, 4) is 11.5 Å². The van der Waals surface area contributed by atoms with Crippen LogP contribution in [0, 0.1) is 29.6 Å². The second-order valence-corrected chi connectivity index (χ2v) is 13.5.